The van der Waals surface area contributed by atoms with Crippen molar-refractivity contribution < 1.29 is 13.5 Å². The summed E-state index contributed by atoms with van der Waals surface area (Å²) in [7, 11) is 0. The molecule has 114 valence electrons. The third-order valence-electron chi connectivity index (χ3n) is 2.78. The van der Waals surface area contributed by atoms with Gasteiger partial charge in [-0.3, -0.25) is 0 Å². The van der Waals surface area contributed by atoms with Crippen molar-refractivity contribution in [3.8, 4) is 5.75 Å². The summed E-state index contributed by atoms with van der Waals surface area (Å²) in [6, 6.07) is 4.99. The van der Waals surface area contributed by atoms with Gasteiger partial charge in [-0.05, 0) is 43.0 Å². The van der Waals surface area contributed by atoms with Gasteiger partial charge in [0.25, 0.3) is 0 Å². The first-order chi connectivity index (χ1) is 9.52. The summed E-state index contributed by atoms with van der Waals surface area (Å²) in [4.78, 5) is 0. The Hall–Kier alpha value is -0.520. The molecule has 0 saturated carbocycles. The van der Waals surface area contributed by atoms with E-state index >= 15 is 0 Å². The largest absolute Gasteiger partial charge is 0.434 e. The summed E-state index contributed by atoms with van der Waals surface area (Å²) >= 11 is 7.78. The lowest BCUT2D eigenvalue weighted by atomic mass is 10.1. The van der Waals surface area contributed by atoms with E-state index < -0.39 is 6.61 Å². The number of alkyl halides is 2. The topological polar surface area (TPSA) is 21.3 Å². The van der Waals surface area contributed by atoms with Gasteiger partial charge in [-0.2, -0.15) is 20.5 Å². The third-order valence-corrected chi connectivity index (χ3v) is 3.95. The maximum Gasteiger partial charge on any atom is 0.387 e. The van der Waals surface area contributed by atoms with Crippen LogP contribution in [0.15, 0.2) is 18.2 Å². The summed E-state index contributed by atoms with van der Waals surface area (Å²) in [5.41, 5.74) is 0.646. The standard InChI is InChI=1S/C14H20ClF2NOS/c1-3-20-7-6-10(2)18-9-11-8-12(15)4-5-13(11)19-14(16)17/h4-5,8,10,14,18H,3,6-7,9H2,1-2H3. The lowest BCUT2D eigenvalue weighted by Gasteiger charge is -2.16. The molecule has 0 amide bonds. The molecule has 1 atom stereocenters. The van der Waals surface area contributed by atoms with Gasteiger partial charge in [0.15, 0.2) is 0 Å². The quantitative estimate of drug-likeness (QED) is 0.673. The van der Waals surface area contributed by atoms with E-state index in [4.69, 9.17) is 11.6 Å². The fourth-order valence-corrected chi connectivity index (χ4v) is 2.69. The normalized spacial score (nSPS) is 12.7. The Balaban J connectivity index is 2.54. The number of halogens is 3. The van der Waals surface area contributed by atoms with Crippen molar-refractivity contribution in [2.45, 2.75) is 39.5 Å². The van der Waals surface area contributed by atoms with Gasteiger partial charge in [-0.15, -0.1) is 0 Å². The molecule has 0 spiro atoms. The molecular weight excluding hydrogens is 304 g/mol. The Bertz CT molecular complexity index is 407. The van der Waals surface area contributed by atoms with Crippen molar-refractivity contribution in [2.75, 3.05) is 11.5 Å². The second kappa shape index (κ2) is 9.42. The number of ether oxygens (including phenoxy) is 1. The molecule has 1 N–H and O–H groups in total. The Kier molecular flexibility index (Phi) is 8.26. The van der Waals surface area contributed by atoms with Crippen LogP contribution >= 0.6 is 23.4 Å². The molecule has 1 aromatic carbocycles. The fourth-order valence-electron chi connectivity index (χ4n) is 1.69. The first kappa shape index (κ1) is 17.5. The number of hydrogen-bond acceptors (Lipinski definition) is 3. The van der Waals surface area contributed by atoms with Crippen LogP contribution in [0.2, 0.25) is 5.02 Å². The second-order valence-electron chi connectivity index (χ2n) is 4.40. The molecule has 0 radical (unpaired) electrons. The molecule has 1 aromatic rings. The summed E-state index contributed by atoms with van der Waals surface area (Å²) in [6.07, 6.45) is 1.03. The molecule has 0 saturated heterocycles. The van der Waals surface area contributed by atoms with Crippen LogP contribution in [-0.2, 0) is 6.54 Å². The van der Waals surface area contributed by atoms with E-state index in [1.165, 1.54) is 6.07 Å². The number of rotatable bonds is 9. The minimum Gasteiger partial charge on any atom is -0.434 e. The van der Waals surface area contributed by atoms with E-state index in [2.05, 4.69) is 23.9 Å². The average Bonchev–Trinajstić information content (AvgIpc) is 2.39. The molecule has 0 bridgehead atoms. The van der Waals surface area contributed by atoms with E-state index in [1.807, 2.05) is 11.8 Å². The Labute approximate surface area is 128 Å². The maximum absolute atomic E-state index is 12.3. The lowest BCUT2D eigenvalue weighted by molar-refractivity contribution is -0.0505. The molecule has 2 nitrogen and oxygen atoms in total. The molecule has 0 fully saturated rings. The average molecular weight is 324 g/mol. The minimum atomic E-state index is -2.83. The van der Waals surface area contributed by atoms with Crippen LogP contribution in [-0.4, -0.2) is 24.2 Å². The predicted molar refractivity (Wildman–Crippen MR) is 82.0 cm³/mol. The smallest absolute Gasteiger partial charge is 0.387 e. The zero-order chi connectivity index (χ0) is 15.0. The maximum atomic E-state index is 12.3. The van der Waals surface area contributed by atoms with Gasteiger partial charge in [0.1, 0.15) is 5.75 Å². The van der Waals surface area contributed by atoms with Crippen LogP contribution in [0.25, 0.3) is 0 Å². The highest BCUT2D eigenvalue weighted by atomic mass is 35.5. The van der Waals surface area contributed by atoms with E-state index in [0.29, 0.717) is 23.2 Å². The van der Waals surface area contributed by atoms with E-state index in [0.717, 1.165) is 17.9 Å². The van der Waals surface area contributed by atoms with Crippen molar-refractivity contribution in [3.05, 3.63) is 28.8 Å². The van der Waals surface area contributed by atoms with Crippen molar-refractivity contribution in [3.63, 3.8) is 0 Å². The summed E-state index contributed by atoms with van der Waals surface area (Å²) in [5.74, 6) is 2.36. The van der Waals surface area contributed by atoms with Crippen LogP contribution in [0.1, 0.15) is 25.8 Å². The van der Waals surface area contributed by atoms with Crippen molar-refractivity contribution in [2.24, 2.45) is 0 Å². The van der Waals surface area contributed by atoms with Gasteiger partial charge < -0.3 is 10.1 Å². The number of thioether (sulfide) groups is 1. The monoisotopic (exact) mass is 323 g/mol. The Morgan fingerprint density at radius 3 is 2.80 bits per heavy atom. The van der Waals surface area contributed by atoms with Crippen molar-refractivity contribution >= 4 is 23.4 Å². The summed E-state index contributed by atoms with van der Waals surface area (Å²) in [6.45, 7) is 1.84. The van der Waals surface area contributed by atoms with Crippen LogP contribution in [0.4, 0.5) is 8.78 Å². The van der Waals surface area contributed by atoms with E-state index in [9.17, 15) is 8.78 Å². The van der Waals surface area contributed by atoms with Gasteiger partial charge in [-0.25, -0.2) is 0 Å². The summed E-state index contributed by atoms with van der Waals surface area (Å²) in [5, 5.41) is 3.81. The van der Waals surface area contributed by atoms with Gasteiger partial charge in [0, 0.05) is 23.2 Å². The van der Waals surface area contributed by atoms with Gasteiger partial charge in [0.2, 0.25) is 0 Å². The zero-order valence-electron chi connectivity index (χ0n) is 11.7. The Morgan fingerprint density at radius 1 is 1.40 bits per heavy atom. The lowest BCUT2D eigenvalue weighted by Crippen LogP contribution is -2.26. The summed E-state index contributed by atoms with van der Waals surface area (Å²) < 4.78 is 29.1. The van der Waals surface area contributed by atoms with Gasteiger partial charge >= 0.3 is 6.61 Å². The SMILES string of the molecule is CCSCCC(C)NCc1cc(Cl)ccc1OC(F)F. The van der Waals surface area contributed by atoms with Crippen molar-refractivity contribution in [1.29, 1.82) is 0 Å². The zero-order valence-corrected chi connectivity index (χ0v) is 13.2. The molecule has 1 unspecified atom stereocenters. The second-order valence-corrected chi connectivity index (χ2v) is 6.23. The molecule has 0 aromatic heterocycles. The highest BCUT2D eigenvalue weighted by molar-refractivity contribution is 7.99. The molecule has 20 heavy (non-hydrogen) atoms. The van der Waals surface area contributed by atoms with Gasteiger partial charge in [-0.1, -0.05) is 18.5 Å². The van der Waals surface area contributed by atoms with Crippen LogP contribution in [0, 0.1) is 0 Å². The van der Waals surface area contributed by atoms with Crippen LogP contribution < -0.4 is 10.1 Å². The van der Waals surface area contributed by atoms with E-state index in [-0.39, 0.29) is 5.75 Å². The molecule has 0 aliphatic heterocycles. The molecule has 0 aliphatic rings. The van der Waals surface area contributed by atoms with Crippen LogP contribution in [0.5, 0.6) is 5.75 Å². The highest BCUT2D eigenvalue weighted by Gasteiger charge is 2.11. The molecule has 0 heterocycles. The first-order valence-corrected chi connectivity index (χ1v) is 8.10. The molecular formula is C14H20ClF2NOS. The predicted octanol–water partition coefficient (Wildman–Crippen LogP) is 4.56. The van der Waals surface area contributed by atoms with Gasteiger partial charge in [0.05, 0.1) is 0 Å². The van der Waals surface area contributed by atoms with Crippen molar-refractivity contribution in [1.82, 2.24) is 5.32 Å². The molecule has 6 heteroatoms. The minimum absolute atomic E-state index is 0.173. The fraction of sp³-hybridized carbons (Fsp3) is 0.571. The third kappa shape index (κ3) is 6.77. The number of benzene rings is 1. The number of nitrogens with one attached hydrogen (secondary N) is 1. The molecule has 1 rings (SSSR count). The van der Waals surface area contributed by atoms with Crippen LogP contribution in [0.3, 0.4) is 0 Å². The van der Waals surface area contributed by atoms with E-state index in [1.54, 1.807) is 12.1 Å². The first-order valence-electron chi connectivity index (χ1n) is 6.57. The number of hydrogen-bond donors (Lipinski definition) is 1. The highest BCUT2D eigenvalue weighted by Crippen LogP contribution is 2.24. The Morgan fingerprint density at radius 2 is 2.15 bits per heavy atom. The molecule has 0 aliphatic carbocycles.